The Hall–Kier alpha value is -2.53. The van der Waals surface area contributed by atoms with Gasteiger partial charge in [-0.2, -0.15) is 0 Å². The predicted octanol–water partition coefficient (Wildman–Crippen LogP) is 4.06. The summed E-state index contributed by atoms with van der Waals surface area (Å²) < 4.78 is 0. The summed E-state index contributed by atoms with van der Waals surface area (Å²) in [4.78, 5) is 27.5. The first-order chi connectivity index (χ1) is 12.4. The summed E-state index contributed by atoms with van der Waals surface area (Å²) in [6.07, 6.45) is 1.14. The summed E-state index contributed by atoms with van der Waals surface area (Å²) in [5.74, 6) is 0.651. The molecule has 0 aromatic heterocycles. The molecule has 1 saturated heterocycles. The standard InChI is InChI=1S/C21H25N3O2.ClH/c1-14-10-15(2)13-24(12-14)21(26)18-8-3-4-9-19(18)23-20(25)16-6-5-7-17(22)11-16;/h3-9,11,14-15H,10,12-13,22H2,1-2H3,(H,23,25);1H. The molecule has 1 fully saturated rings. The molecule has 1 heterocycles. The lowest BCUT2D eigenvalue weighted by Crippen LogP contribution is -2.42. The first-order valence-electron chi connectivity index (χ1n) is 8.99. The third-order valence-corrected chi connectivity index (χ3v) is 4.71. The number of benzene rings is 2. The number of carbonyl (C=O) groups is 2. The van der Waals surface area contributed by atoms with Gasteiger partial charge in [0, 0.05) is 24.3 Å². The fraction of sp³-hybridized carbons (Fsp3) is 0.333. The third kappa shape index (κ3) is 5.01. The molecule has 1 aliphatic rings. The lowest BCUT2D eigenvalue weighted by molar-refractivity contribution is 0.0624. The largest absolute Gasteiger partial charge is 0.399 e. The molecule has 3 N–H and O–H groups in total. The summed E-state index contributed by atoms with van der Waals surface area (Å²) in [7, 11) is 0. The summed E-state index contributed by atoms with van der Waals surface area (Å²) in [6, 6.07) is 13.9. The van der Waals surface area contributed by atoms with E-state index in [0.29, 0.717) is 34.3 Å². The Kier molecular flexibility index (Phi) is 6.86. The van der Waals surface area contributed by atoms with Gasteiger partial charge in [0.05, 0.1) is 11.3 Å². The maximum atomic E-state index is 13.0. The second-order valence-electron chi connectivity index (χ2n) is 7.28. The van der Waals surface area contributed by atoms with Crippen LogP contribution in [0.4, 0.5) is 11.4 Å². The zero-order valence-electron chi connectivity index (χ0n) is 15.6. The van der Waals surface area contributed by atoms with Crippen molar-refractivity contribution in [1.82, 2.24) is 4.90 Å². The second-order valence-corrected chi connectivity index (χ2v) is 7.28. The van der Waals surface area contributed by atoms with Gasteiger partial charge >= 0.3 is 0 Å². The maximum Gasteiger partial charge on any atom is 0.255 e. The zero-order valence-corrected chi connectivity index (χ0v) is 16.5. The molecule has 0 aliphatic carbocycles. The average molecular weight is 388 g/mol. The van der Waals surface area contributed by atoms with Crippen molar-refractivity contribution in [2.45, 2.75) is 20.3 Å². The fourth-order valence-corrected chi connectivity index (χ4v) is 3.65. The molecular weight excluding hydrogens is 362 g/mol. The minimum absolute atomic E-state index is 0. The first kappa shape index (κ1) is 20.8. The van der Waals surface area contributed by atoms with Crippen LogP contribution >= 0.6 is 12.4 Å². The average Bonchev–Trinajstić information content (AvgIpc) is 2.61. The molecule has 2 unspecified atom stereocenters. The van der Waals surface area contributed by atoms with Crippen LogP contribution in [0.2, 0.25) is 0 Å². The molecule has 2 aromatic rings. The van der Waals surface area contributed by atoms with Crippen LogP contribution < -0.4 is 11.1 Å². The Balaban J connectivity index is 0.00000261. The van der Waals surface area contributed by atoms with Gasteiger partial charge in [-0.25, -0.2) is 0 Å². The number of nitrogen functional groups attached to an aromatic ring is 1. The number of carbonyl (C=O) groups excluding carboxylic acids is 2. The molecule has 2 aromatic carbocycles. The number of rotatable bonds is 3. The van der Waals surface area contributed by atoms with Crippen molar-refractivity contribution in [2.24, 2.45) is 11.8 Å². The molecule has 5 nitrogen and oxygen atoms in total. The van der Waals surface area contributed by atoms with Crippen LogP contribution in [0.1, 0.15) is 41.0 Å². The van der Waals surface area contributed by atoms with Crippen LogP contribution in [0.5, 0.6) is 0 Å². The number of piperidine rings is 1. The number of nitrogens with zero attached hydrogens (tertiary/aromatic N) is 1. The maximum absolute atomic E-state index is 13.0. The van der Waals surface area contributed by atoms with Gasteiger partial charge < -0.3 is 16.0 Å². The van der Waals surface area contributed by atoms with E-state index in [1.165, 1.54) is 0 Å². The molecule has 3 rings (SSSR count). The summed E-state index contributed by atoms with van der Waals surface area (Å²) in [6.45, 7) is 5.84. The van der Waals surface area contributed by atoms with Gasteiger partial charge in [-0.3, -0.25) is 9.59 Å². The molecule has 2 atom stereocenters. The smallest absolute Gasteiger partial charge is 0.255 e. The van der Waals surface area contributed by atoms with Crippen LogP contribution in [0.25, 0.3) is 0 Å². The Labute approximate surface area is 166 Å². The highest BCUT2D eigenvalue weighted by Gasteiger charge is 2.27. The number of likely N-dealkylation sites (tertiary alicyclic amines) is 1. The van der Waals surface area contributed by atoms with Crippen LogP contribution in [-0.2, 0) is 0 Å². The summed E-state index contributed by atoms with van der Waals surface area (Å²) >= 11 is 0. The van der Waals surface area contributed by atoms with Crippen molar-refractivity contribution in [1.29, 1.82) is 0 Å². The molecule has 0 radical (unpaired) electrons. The van der Waals surface area contributed by atoms with Gasteiger partial charge in [0.2, 0.25) is 0 Å². The van der Waals surface area contributed by atoms with E-state index in [1.54, 1.807) is 36.4 Å². The van der Waals surface area contributed by atoms with Crippen LogP contribution in [0, 0.1) is 11.8 Å². The highest BCUT2D eigenvalue weighted by molar-refractivity contribution is 6.09. The topological polar surface area (TPSA) is 75.4 Å². The molecule has 6 heteroatoms. The Bertz CT molecular complexity index is 815. The summed E-state index contributed by atoms with van der Waals surface area (Å²) in [5.41, 5.74) is 7.79. The monoisotopic (exact) mass is 387 g/mol. The van der Waals surface area contributed by atoms with Gasteiger partial charge in [0.1, 0.15) is 0 Å². The molecule has 2 amide bonds. The van der Waals surface area contributed by atoms with Gasteiger partial charge in [-0.15, -0.1) is 12.4 Å². The highest BCUT2D eigenvalue weighted by atomic mass is 35.5. The van der Waals surface area contributed by atoms with Gasteiger partial charge in [0.25, 0.3) is 11.8 Å². The van der Waals surface area contributed by atoms with E-state index in [1.807, 2.05) is 17.0 Å². The fourth-order valence-electron chi connectivity index (χ4n) is 3.65. The molecular formula is C21H26ClN3O2. The van der Waals surface area contributed by atoms with Crippen molar-refractivity contribution in [3.05, 3.63) is 59.7 Å². The molecule has 1 aliphatic heterocycles. The number of para-hydroxylation sites is 1. The van der Waals surface area contributed by atoms with E-state index in [0.717, 1.165) is 19.5 Å². The zero-order chi connectivity index (χ0) is 18.7. The minimum atomic E-state index is -0.280. The van der Waals surface area contributed by atoms with Crippen LogP contribution in [0.15, 0.2) is 48.5 Å². The number of anilines is 2. The molecule has 144 valence electrons. The summed E-state index contributed by atoms with van der Waals surface area (Å²) in [5, 5.41) is 2.85. The number of halogens is 1. The molecule has 0 bridgehead atoms. The lowest BCUT2D eigenvalue weighted by Gasteiger charge is -2.35. The van der Waals surface area contributed by atoms with Gasteiger partial charge in [0.15, 0.2) is 0 Å². The van der Waals surface area contributed by atoms with Crippen molar-refractivity contribution in [2.75, 3.05) is 24.1 Å². The molecule has 0 saturated carbocycles. The number of hydrogen-bond donors (Lipinski definition) is 2. The molecule has 0 spiro atoms. The van der Waals surface area contributed by atoms with E-state index >= 15 is 0 Å². The van der Waals surface area contributed by atoms with Gasteiger partial charge in [-0.05, 0) is 48.6 Å². The van der Waals surface area contributed by atoms with E-state index in [2.05, 4.69) is 19.2 Å². The minimum Gasteiger partial charge on any atom is -0.399 e. The predicted molar refractivity (Wildman–Crippen MR) is 111 cm³/mol. The Morgan fingerprint density at radius 1 is 1.04 bits per heavy atom. The number of nitrogens with two attached hydrogens (primary N) is 1. The quantitative estimate of drug-likeness (QED) is 0.780. The van der Waals surface area contributed by atoms with E-state index in [9.17, 15) is 9.59 Å². The van der Waals surface area contributed by atoms with Crippen molar-refractivity contribution >= 4 is 35.6 Å². The van der Waals surface area contributed by atoms with Crippen LogP contribution in [0.3, 0.4) is 0 Å². The van der Waals surface area contributed by atoms with Crippen molar-refractivity contribution in [3.8, 4) is 0 Å². The van der Waals surface area contributed by atoms with Crippen molar-refractivity contribution in [3.63, 3.8) is 0 Å². The number of amides is 2. The first-order valence-corrected chi connectivity index (χ1v) is 8.99. The molecule has 27 heavy (non-hydrogen) atoms. The number of hydrogen-bond acceptors (Lipinski definition) is 3. The third-order valence-electron chi connectivity index (χ3n) is 4.71. The highest BCUT2D eigenvalue weighted by Crippen LogP contribution is 2.25. The van der Waals surface area contributed by atoms with E-state index in [-0.39, 0.29) is 24.2 Å². The normalized spacial score (nSPS) is 19.1. The number of nitrogens with one attached hydrogen (secondary N) is 1. The van der Waals surface area contributed by atoms with Crippen LogP contribution in [-0.4, -0.2) is 29.8 Å². The SMILES string of the molecule is CC1CC(C)CN(C(=O)c2ccccc2NC(=O)c2cccc(N)c2)C1.Cl. The van der Waals surface area contributed by atoms with Gasteiger partial charge in [-0.1, -0.05) is 32.0 Å². The van der Waals surface area contributed by atoms with Crippen molar-refractivity contribution < 1.29 is 9.59 Å². The Morgan fingerprint density at radius 3 is 2.37 bits per heavy atom. The second kappa shape index (κ2) is 8.91. The van der Waals surface area contributed by atoms with E-state index in [4.69, 9.17) is 5.73 Å². The lowest BCUT2D eigenvalue weighted by atomic mass is 9.91. The Morgan fingerprint density at radius 2 is 1.70 bits per heavy atom. The van der Waals surface area contributed by atoms with E-state index < -0.39 is 0 Å².